The van der Waals surface area contributed by atoms with Gasteiger partial charge in [0.15, 0.2) is 0 Å². The molecule has 0 radical (unpaired) electrons. The van der Waals surface area contributed by atoms with Crippen LogP contribution in [0.25, 0.3) is 5.57 Å². The zero-order valence-electron chi connectivity index (χ0n) is 19.8. The van der Waals surface area contributed by atoms with E-state index in [2.05, 4.69) is 78.6 Å². The Kier molecular flexibility index (Phi) is 7.05. The molecule has 0 bridgehead atoms. The first-order chi connectivity index (χ1) is 16.6. The minimum Gasteiger partial charge on any atom is -0.487 e. The summed E-state index contributed by atoms with van der Waals surface area (Å²) in [5.41, 5.74) is 4.64. The number of nitrogens with zero attached hydrogens (tertiary/aromatic N) is 1. The van der Waals surface area contributed by atoms with Crippen molar-refractivity contribution < 1.29 is 9.47 Å². The molecule has 3 aromatic rings. The minimum atomic E-state index is -0.239. The Labute approximate surface area is 208 Å². The van der Waals surface area contributed by atoms with E-state index in [0.29, 0.717) is 6.61 Å². The summed E-state index contributed by atoms with van der Waals surface area (Å²) < 4.78 is 12.8. The van der Waals surface area contributed by atoms with Crippen LogP contribution in [-0.2, 0) is 11.3 Å². The van der Waals surface area contributed by atoms with Crippen LogP contribution in [0, 0.1) is 0 Å². The molecule has 2 aliphatic heterocycles. The van der Waals surface area contributed by atoms with E-state index in [1.165, 1.54) is 16.7 Å². The Morgan fingerprint density at radius 2 is 1.62 bits per heavy atom. The summed E-state index contributed by atoms with van der Waals surface area (Å²) in [6, 6.07) is 27.2. The van der Waals surface area contributed by atoms with Crippen LogP contribution in [0.15, 0.2) is 84.9 Å². The third-order valence-electron chi connectivity index (χ3n) is 7.25. The third kappa shape index (κ3) is 5.07. The van der Waals surface area contributed by atoms with Gasteiger partial charge in [-0.3, -0.25) is 0 Å². The number of benzene rings is 3. The van der Waals surface area contributed by atoms with Crippen LogP contribution in [0.3, 0.4) is 0 Å². The second-order valence-corrected chi connectivity index (χ2v) is 9.78. The first kappa shape index (κ1) is 23.2. The third-order valence-corrected chi connectivity index (χ3v) is 7.48. The van der Waals surface area contributed by atoms with Crippen molar-refractivity contribution in [1.82, 2.24) is 4.90 Å². The number of likely N-dealkylation sites (tertiary alicyclic amines) is 1. The number of hydrogen-bond acceptors (Lipinski definition) is 3. The van der Waals surface area contributed by atoms with Crippen LogP contribution < -0.4 is 4.74 Å². The van der Waals surface area contributed by atoms with Crippen molar-refractivity contribution >= 4 is 17.2 Å². The fourth-order valence-corrected chi connectivity index (χ4v) is 5.34. The summed E-state index contributed by atoms with van der Waals surface area (Å²) in [6.07, 6.45) is 5.37. The van der Waals surface area contributed by atoms with E-state index in [1.54, 1.807) is 0 Å². The number of fused-ring (bicyclic) bond motifs is 1. The second-order valence-electron chi connectivity index (χ2n) is 9.35. The van der Waals surface area contributed by atoms with E-state index in [0.717, 1.165) is 55.2 Å². The molecule has 2 aliphatic rings. The van der Waals surface area contributed by atoms with Crippen molar-refractivity contribution in [3.05, 3.63) is 107 Å². The molecule has 2 heterocycles. The monoisotopic (exact) mass is 473 g/mol. The Bertz CT molecular complexity index is 1080. The van der Waals surface area contributed by atoms with Gasteiger partial charge in [0.1, 0.15) is 17.5 Å². The maximum absolute atomic E-state index is 6.51. The Morgan fingerprint density at radius 1 is 0.971 bits per heavy atom. The molecular formula is C30H32ClNO2. The van der Waals surface area contributed by atoms with Gasteiger partial charge in [0.2, 0.25) is 0 Å². The van der Waals surface area contributed by atoms with Gasteiger partial charge in [-0.05, 0) is 61.1 Å². The smallest absolute Gasteiger partial charge is 0.125 e. The van der Waals surface area contributed by atoms with Gasteiger partial charge in [0, 0.05) is 30.2 Å². The first-order valence-electron chi connectivity index (χ1n) is 12.3. The molecule has 1 unspecified atom stereocenters. The van der Waals surface area contributed by atoms with Crippen molar-refractivity contribution in [3.63, 3.8) is 0 Å². The van der Waals surface area contributed by atoms with E-state index in [1.807, 2.05) is 18.2 Å². The minimum absolute atomic E-state index is 0.0136. The number of piperidine rings is 1. The highest BCUT2D eigenvalue weighted by molar-refractivity contribution is 6.30. The number of halogens is 1. The van der Waals surface area contributed by atoms with Crippen molar-refractivity contribution in [3.8, 4) is 5.75 Å². The molecule has 0 N–H and O–H groups in total. The van der Waals surface area contributed by atoms with E-state index in [9.17, 15) is 0 Å². The fraction of sp³-hybridized carbons (Fsp3) is 0.333. The Balaban J connectivity index is 1.22. The summed E-state index contributed by atoms with van der Waals surface area (Å²) in [5.74, 6) is 0.899. The van der Waals surface area contributed by atoms with Gasteiger partial charge in [0.05, 0.1) is 6.61 Å². The zero-order chi connectivity index (χ0) is 23.4. The number of hydrogen-bond donors (Lipinski definition) is 0. The molecule has 0 aliphatic carbocycles. The zero-order valence-corrected chi connectivity index (χ0v) is 20.5. The highest BCUT2D eigenvalue weighted by Crippen LogP contribution is 2.38. The number of ether oxygens (including phenoxy) is 2. The molecule has 0 saturated carbocycles. The lowest BCUT2D eigenvalue weighted by molar-refractivity contribution is -0.135. The summed E-state index contributed by atoms with van der Waals surface area (Å²) >= 11 is 6.19. The molecule has 3 aromatic carbocycles. The van der Waals surface area contributed by atoms with Crippen LogP contribution in [0.2, 0.25) is 5.02 Å². The molecule has 34 heavy (non-hydrogen) atoms. The molecule has 4 heteroatoms. The molecule has 0 aromatic heterocycles. The topological polar surface area (TPSA) is 21.7 Å². The average Bonchev–Trinajstić information content (AvgIpc) is 3.00. The predicted molar refractivity (Wildman–Crippen MR) is 139 cm³/mol. The van der Waals surface area contributed by atoms with Crippen molar-refractivity contribution in [2.75, 3.05) is 19.6 Å². The summed E-state index contributed by atoms with van der Waals surface area (Å²) in [4.78, 5) is 2.56. The molecule has 5 rings (SSSR count). The van der Waals surface area contributed by atoms with Gasteiger partial charge in [-0.1, -0.05) is 78.3 Å². The van der Waals surface area contributed by atoms with E-state index in [-0.39, 0.29) is 11.7 Å². The first-order valence-corrected chi connectivity index (χ1v) is 12.6. The molecule has 1 atom stereocenters. The molecule has 1 saturated heterocycles. The van der Waals surface area contributed by atoms with Crippen LogP contribution in [0.1, 0.15) is 42.9 Å². The largest absolute Gasteiger partial charge is 0.487 e. The molecular weight excluding hydrogens is 442 g/mol. The quantitative estimate of drug-likeness (QED) is 0.398. The lowest BCUT2D eigenvalue weighted by atomic mass is 9.86. The normalized spacial score (nSPS) is 19.6. The molecule has 1 fully saturated rings. The van der Waals surface area contributed by atoms with E-state index < -0.39 is 0 Å². The Hall–Kier alpha value is -2.59. The molecule has 176 valence electrons. The van der Waals surface area contributed by atoms with Gasteiger partial charge in [-0.2, -0.15) is 0 Å². The maximum atomic E-state index is 6.51. The van der Waals surface area contributed by atoms with Gasteiger partial charge in [-0.25, -0.2) is 0 Å². The van der Waals surface area contributed by atoms with Crippen LogP contribution in [0.4, 0.5) is 0 Å². The van der Waals surface area contributed by atoms with Crippen molar-refractivity contribution in [2.24, 2.45) is 0 Å². The van der Waals surface area contributed by atoms with Crippen molar-refractivity contribution in [1.29, 1.82) is 0 Å². The lowest BCUT2D eigenvalue weighted by Gasteiger charge is -2.43. The van der Waals surface area contributed by atoms with Gasteiger partial charge in [-0.15, -0.1) is 0 Å². The fourth-order valence-electron chi connectivity index (χ4n) is 5.15. The summed E-state index contributed by atoms with van der Waals surface area (Å²) in [5, 5.41) is 0.725. The van der Waals surface area contributed by atoms with Crippen LogP contribution in [-0.4, -0.2) is 36.2 Å². The van der Waals surface area contributed by atoms with Crippen molar-refractivity contribution in [2.45, 2.75) is 44.5 Å². The highest BCUT2D eigenvalue weighted by Gasteiger charge is 2.43. The Morgan fingerprint density at radius 3 is 2.26 bits per heavy atom. The average molecular weight is 474 g/mol. The maximum Gasteiger partial charge on any atom is 0.125 e. The van der Waals surface area contributed by atoms with Crippen LogP contribution in [0.5, 0.6) is 5.75 Å². The van der Waals surface area contributed by atoms with E-state index in [4.69, 9.17) is 21.1 Å². The van der Waals surface area contributed by atoms with Gasteiger partial charge in [0.25, 0.3) is 0 Å². The number of rotatable bonds is 5. The van der Waals surface area contributed by atoms with E-state index >= 15 is 0 Å². The van der Waals surface area contributed by atoms with Crippen LogP contribution >= 0.6 is 11.6 Å². The molecule has 0 amide bonds. The standard InChI is InChI=1S/C30H32ClNO2/c1-23-30(33-22-26-21-27(31)14-15-29(26)34-23)16-19-32(20-17-30)18-8-13-28(24-9-4-2-5-10-24)25-11-6-3-7-12-25/h2-7,9-15,21,23H,8,16-20,22H2,1H3. The summed E-state index contributed by atoms with van der Waals surface area (Å²) in [6.45, 7) is 5.79. The summed E-state index contributed by atoms with van der Waals surface area (Å²) in [7, 11) is 0. The van der Waals surface area contributed by atoms with Gasteiger partial charge >= 0.3 is 0 Å². The lowest BCUT2D eigenvalue weighted by Crippen LogP contribution is -2.53. The predicted octanol–water partition coefficient (Wildman–Crippen LogP) is 6.99. The molecule has 1 spiro atoms. The second kappa shape index (κ2) is 10.4. The highest BCUT2D eigenvalue weighted by atomic mass is 35.5. The molecule has 3 nitrogen and oxygen atoms in total. The van der Waals surface area contributed by atoms with Gasteiger partial charge < -0.3 is 14.4 Å². The SMILES string of the molecule is CC1Oc2ccc(Cl)cc2COC12CCN(CCC=C(c1ccccc1)c1ccccc1)CC2.